The number of hydrogen-bond acceptors (Lipinski definition) is 9. The molecule has 2 aromatic carbocycles. The van der Waals surface area contributed by atoms with E-state index in [1.165, 1.54) is 14.2 Å². The summed E-state index contributed by atoms with van der Waals surface area (Å²) in [6, 6.07) is 7.35. The summed E-state index contributed by atoms with van der Waals surface area (Å²) in [5.74, 6) is 0.694. The van der Waals surface area contributed by atoms with E-state index in [1.54, 1.807) is 12.1 Å². The zero-order valence-electron chi connectivity index (χ0n) is 18.6. The summed E-state index contributed by atoms with van der Waals surface area (Å²) in [5.41, 5.74) is 8.47. The summed E-state index contributed by atoms with van der Waals surface area (Å²) in [4.78, 5) is 13.0. The van der Waals surface area contributed by atoms with Crippen molar-refractivity contribution in [3.63, 3.8) is 0 Å². The van der Waals surface area contributed by atoms with Gasteiger partial charge in [0.25, 0.3) is 0 Å². The standard InChI is InChI=1S/C24H28N2O7/c1-29-18-6-12(7-19(30-2)23(18)27)20-13-8-16-17(33-11-32-16)9-14(13)22(26-5-3-4-25)15-10-31-24(28)21(15)20/h6-9,15,20-22,26-27H,3-5,10-11,25H2,1-2H3/t15-,20+,21-,22+/m0/s1. The van der Waals surface area contributed by atoms with E-state index in [9.17, 15) is 9.90 Å². The van der Waals surface area contributed by atoms with Crippen molar-refractivity contribution < 1.29 is 33.6 Å². The molecule has 1 saturated heterocycles. The molecule has 0 radical (unpaired) electrons. The molecule has 0 spiro atoms. The molecule has 2 aromatic rings. The van der Waals surface area contributed by atoms with Gasteiger partial charge in [0.05, 0.1) is 26.7 Å². The molecule has 4 N–H and O–H groups in total. The van der Waals surface area contributed by atoms with Gasteiger partial charge in [0.15, 0.2) is 23.0 Å². The third-order valence-electron chi connectivity index (χ3n) is 6.79. The molecule has 0 saturated carbocycles. The fourth-order valence-corrected chi connectivity index (χ4v) is 5.28. The second-order valence-electron chi connectivity index (χ2n) is 8.48. The van der Waals surface area contributed by atoms with Crippen molar-refractivity contribution in [2.24, 2.45) is 17.6 Å². The van der Waals surface area contributed by atoms with Gasteiger partial charge in [-0.3, -0.25) is 4.79 Å². The summed E-state index contributed by atoms with van der Waals surface area (Å²) >= 11 is 0. The van der Waals surface area contributed by atoms with Crippen LogP contribution in [0.3, 0.4) is 0 Å². The van der Waals surface area contributed by atoms with Gasteiger partial charge in [-0.2, -0.15) is 0 Å². The van der Waals surface area contributed by atoms with Crippen LogP contribution in [-0.4, -0.2) is 51.8 Å². The Morgan fingerprint density at radius 3 is 2.36 bits per heavy atom. The largest absolute Gasteiger partial charge is 0.502 e. The maximum absolute atomic E-state index is 13.0. The molecule has 0 bridgehead atoms. The molecule has 3 aliphatic rings. The van der Waals surface area contributed by atoms with Crippen LogP contribution < -0.4 is 30.0 Å². The number of benzene rings is 2. The summed E-state index contributed by atoms with van der Waals surface area (Å²) < 4.78 is 27.7. The molecule has 1 fully saturated rings. The maximum atomic E-state index is 13.0. The van der Waals surface area contributed by atoms with E-state index >= 15 is 0 Å². The molecule has 4 atom stereocenters. The SMILES string of the molecule is COc1cc([C@@H]2c3cc4c(cc3[C@@H](NCCCN)[C@H]3COC(=O)[C@H]23)OCO4)cc(OC)c1O. The monoisotopic (exact) mass is 456 g/mol. The highest BCUT2D eigenvalue weighted by Gasteiger charge is 2.52. The van der Waals surface area contributed by atoms with Gasteiger partial charge in [-0.25, -0.2) is 0 Å². The molecule has 5 rings (SSSR count). The first kappa shape index (κ1) is 21.7. The lowest BCUT2D eigenvalue weighted by Gasteiger charge is -2.39. The molecule has 2 heterocycles. The summed E-state index contributed by atoms with van der Waals surface area (Å²) in [6.45, 7) is 1.77. The van der Waals surface area contributed by atoms with E-state index in [1.807, 2.05) is 12.1 Å². The van der Waals surface area contributed by atoms with Gasteiger partial charge in [0, 0.05) is 17.9 Å². The smallest absolute Gasteiger partial charge is 0.310 e. The first-order chi connectivity index (χ1) is 16.1. The lowest BCUT2D eigenvalue weighted by Crippen LogP contribution is -2.41. The fourth-order valence-electron chi connectivity index (χ4n) is 5.28. The van der Waals surface area contributed by atoms with Crippen LogP contribution in [0.1, 0.15) is 35.1 Å². The number of cyclic esters (lactones) is 1. The van der Waals surface area contributed by atoms with Crippen LogP contribution in [0.2, 0.25) is 0 Å². The Morgan fingerprint density at radius 1 is 1.06 bits per heavy atom. The normalized spacial score (nSPS) is 24.8. The van der Waals surface area contributed by atoms with Crippen molar-refractivity contribution in [1.82, 2.24) is 5.32 Å². The predicted molar refractivity (Wildman–Crippen MR) is 118 cm³/mol. The Balaban J connectivity index is 1.69. The summed E-state index contributed by atoms with van der Waals surface area (Å²) in [7, 11) is 2.96. The minimum absolute atomic E-state index is 0.0843. The van der Waals surface area contributed by atoms with Gasteiger partial charge in [-0.1, -0.05) is 0 Å². The number of nitrogens with two attached hydrogens (primary N) is 1. The number of fused-ring (bicyclic) bond motifs is 3. The molecular formula is C24H28N2O7. The Morgan fingerprint density at radius 2 is 1.73 bits per heavy atom. The molecule has 2 aliphatic heterocycles. The first-order valence-electron chi connectivity index (χ1n) is 11.1. The highest BCUT2D eigenvalue weighted by molar-refractivity contribution is 5.79. The molecular weight excluding hydrogens is 428 g/mol. The minimum atomic E-state index is -0.424. The molecule has 9 heteroatoms. The Kier molecular flexibility index (Phi) is 5.67. The second kappa shape index (κ2) is 8.64. The number of phenolic OH excluding ortho intramolecular Hbond substituents is 1. The summed E-state index contributed by atoms with van der Waals surface area (Å²) in [5, 5.41) is 14.0. The zero-order valence-corrected chi connectivity index (χ0v) is 18.6. The minimum Gasteiger partial charge on any atom is -0.502 e. The third-order valence-corrected chi connectivity index (χ3v) is 6.79. The van der Waals surface area contributed by atoms with Crippen molar-refractivity contribution in [3.8, 4) is 28.7 Å². The highest BCUT2D eigenvalue weighted by Crippen LogP contribution is 2.55. The average molecular weight is 456 g/mol. The van der Waals surface area contributed by atoms with Crippen LogP contribution in [0.15, 0.2) is 24.3 Å². The molecule has 33 heavy (non-hydrogen) atoms. The maximum Gasteiger partial charge on any atom is 0.310 e. The molecule has 0 aromatic heterocycles. The number of hydrogen-bond donors (Lipinski definition) is 3. The molecule has 176 valence electrons. The van der Waals surface area contributed by atoms with Crippen molar-refractivity contribution >= 4 is 5.97 Å². The van der Waals surface area contributed by atoms with Crippen LogP contribution in [0, 0.1) is 11.8 Å². The Bertz CT molecular complexity index is 1050. The van der Waals surface area contributed by atoms with E-state index in [0.717, 1.165) is 29.7 Å². The quantitative estimate of drug-likeness (QED) is 0.424. The molecule has 0 amide bonds. The van der Waals surface area contributed by atoms with Crippen LogP contribution in [0.4, 0.5) is 0 Å². The van der Waals surface area contributed by atoms with Crippen molar-refractivity contribution in [1.29, 1.82) is 0 Å². The van der Waals surface area contributed by atoms with Crippen LogP contribution in [-0.2, 0) is 9.53 Å². The topological polar surface area (TPSA) is 122 Å². The third kappa shape index (κ3) is 3.52. The number of methoxy groups -OCH3 is 2. The highest BCUT2D eigenvalue weighted by atomic mass is 16.7. The van der Waals surface area contributed by atoms with Crippen LogP contribution in [0.5, 0.6) is 28.7 Å². The number of ether oxygens (including phenoxy) is 5. The van der Waals surface area contributed by atoms with E-state index in [2.05, 4.69) is 5.32 Å². The number of carbonyl (C=O) groups excluding carboxylic acids is 1. The molecule has 9 nitrogen and oxygen atoms in total. The second-order valence-corrected chi connectivity index (χ2v) is 8.48. The fraction of sp³-hybridized carbons (Fsp3) is 0.458. The van der Waals surface area contributed by atoms with Gasteiger partial charge in [-0.05, 0) is 60.5 Å². The lowest BCUT2D eigenvalue weighted by molar-refractivity contribution is -0.141. The number of rotatable bonds is 7. The Labute approximate surface area is 191 Å². The number of phenols is 1. The van der Waals surface area contributed by atoms with Crippen molar-refractivity contribution in [3.05, 3.63) is 41.0 Å². The molecule has 0 unspecified atom stereocenters. The number of aromatic hydroxyl groups is 1. The predicted octanol–water partition coefficient (Wildman–Crippen LogP) is 2.05. The van der Waals surface area contributed by atoms with E-state index in [0.29, 0.717) is 24.7 Å². The summed E-state index contributed by atoms with van der Waals surface area (Å²) in [6.07, 6.45) is 0.818. The van der Waals surface area contributed by atoms with E-state index in [4.69, 9.17) is 29.4 Å². The van der Waals surface area contributed by atoms with Crippen molar-refractivity contribution in [2.45, 2.75) is 18.4 Å². The molecule has 1 aliphatic carbocycles. The van der Waals surface area contributed by atoms with Gasteiger partial charge in [-0.15, -0.1) is 0 Å². The van der Waals surface area contributed by atoms with Crippen LogP contribution >= 0.6 is 0 Å². The average Bonchev–Trinajstić information content (AvgIpc) is 3.44. The zero-order chi connectivity index (χ0) is 23.1. The van der Waals surface area contributed by atoms with Gasteiger partial charge >= 0.3 is 5.97 Å². The lowest BCUT2D eigenvalue weighted by atomic mass is 9.65. The Hall–Kier alpha value is -3.17. The van der Waals surface area contributed by atoms with E-state index in [-0.39, 0.29) is 47.9 Å². The first-order valence-corrected chi connectivity index (χ1v) is 11.1. The number of esters is 1. The van der Waals surface area contributed by atoms with Crippen molar-refractivity contribution in [2.75, 3.05) is 40.7 Å². The van der Waals surface area contributed by atoms with Gasteiger partial charge in [0.2, 0.25) is 12.5 Å². The van der Waals surface area contributed by atoms with Gasteiger partial charge in [0.1, 0.15) is 0 Å². The number of nitrogens with one attached hydrogen (secondary N) is 1. The van der Waals surface area contributed by atoms with Gasteiger partial charge < -0.3 is 39.8 Å². The van der Waals surface area contributed by atoms with Crippen LogP contribution in [0.25, 0.3) is 0 Å². The van der Waals surface area contributed by atoms with E-state index < -0.39 is 5.92 Å². The number of carbonyl (C=O) groups is 1.